The monoisotopic (exact) mass is 614 g/mol. The van der Waals surface area contributed by atoms with Crippen LogP contribution in [0.15, 0.2) is 66.7 Å². The Kier molecular flexibility index (Phi) is 9.57. The first-order chi connectivity index (χ1) is 21.4. The molecule has 0 bridgehead atoms. The zero-order valence-electron chi connectivity index (χ0n) is 24.7. The number of fused-ring (bicyclic) bond motifs is 1. The summed E-state index contributed by atoms with van der Waals surface area (Å²) < 4.78 is 12.5. The van der Waals surface area contributed by atoms with Gasteiger partial charge in [0.05, 0.1) is 6.61 Å². The van der Waals surface area contributed by atoms with E-state index in [1.807, 2.05) is 12.1 Å². The third kappa shape index (κ3) is 7.13. The second-order valence-corrected chi connectivity index (χ2v) is 12.6. The number of nitrogens with zero attached hydrogens (tertiary/aromatic N) is 2. The molecule has 1 saturated carbocycles. The summed E-state index contributed by atoms with van der Waals surface area (Å²) in [4.78, 5) is 31.3. The molecular formula is C35H38N2O6S. The Labute approximate surface area is 261 Å². The van der Waals surface area contributed by atoms with Crippen molar-refractivity contribution >= 4 is 33.0 Å². The molecule has 3 aromatic carbocycles. The van der Waals surface area contributed by atoms with E-state index in [0.717, 1.165) is 72.6 Å². The minimum Gasteiger partial charge on any atom is -0.508 e. The number of thiophene rings is 1. The Bertz CT molecular complexity index is 1590. The molecule has 2 aliphatic rings. The van der Waals surface area contributed by atoms with Crippen LogP contribution in [0.4, 0.5) is 0 Å². The minimum atomic E-state index is -0.107. The van der Waals surface area contributed by atoms with E-state index in [1.54, 1.807) is 54.6 Å². The van der Waals surface area contributed by atoms with Crippen molar-refractivity contribution in [3.63, 3.8) is 0 Å². The highest BCUT2D eigenvalue weighted by molar-refractivity contribution is 7.22. The van der Waals surface area contributed by atoms with Gasteiger partial charge in [-0.15, -0.1) is 11.3 Å². The first-order valence-corrected chi connectivity index (χ1v) is 16.1. The van der Waals surface area contributed by atoms with E-state index >= 15 is 0 Å². The van der Waals surface area contributed by atoms with Crippen molar-refractivity contribution in [2.24, 2.45) is 5.92 Å². The highest BCUT2D eigenvalue weighted by Crippen LogP contribution is 2.41. The number of phenolic OH excluding ortho intramolecular Hbond substituents is 2. The number of carbonyl (C=O) groups excluding carboxylic acids is 2. The van der Waals surface area contributed by atoms with Crippen molar-refractivity contribution in [2.45, 2.75) is 19.3 Å². The largest absolute Gasteiger partial charge is 0.508 e. The van der Waals surface area contributed by atoms with Gasteiger partial charge in [-0.2, -0.15) is 0 Å². The summed E-state index contributed by atoms with van der Waals surface area (Å²) in [5, 5.41) is 20.6. The van der Waals surface area contributed by atoms with E-state index in [1.165, 1.54) is 17.8 Å². The summed E-state index contributed by atoms with van der Waals surface area (Å²) in [6, 6.07) is 19.1. The molecule has 230 valence electrons. The normalized spacial score (nSPS) is 16.2. The highest BCUT2D eigenvalue weighted by Gasteiger charge is 2.25. The van der Waals surface area contributed by atoms with Crippen molar-refractivity contribution in [2.75, 3.05) is 59.1 Å². The number of Topliss-reactive ketones (excluding diaryl/α,β-unsaturated/α-hetero) is 1. The molecule has 8 nitrogen and oxygen atoms in total. The van der Waals surface area contributed by atoms with Crippen LogP contribution in [0.5, 0.6) is 17.2 Å². The Morgan fingerprint density at radius 2 is 1.48 bits per heavy atom. The zero-order valence-corrected chi connectivity index (χ0v) is 25.6. The van der Waals surface area contributed by atoms with E-state index < -0.39 is 0 Å². The maximum absolute atomic E-state index is 13.8. The SMILES string of the molecule is O=C(c1ccc(OCCN2CCN(CCOCC(=O)C3CCC3)CC2)cc1)c1c(-c2ccc(O)cc2)sc2cc(O)ccc12. The molecule has 44 heavy (non-hydrogen) atoms. The van der Waals surface area contributed by atoms with Crippen LogP contribution < -0.4 is 4.74 Å². The van der Waals surface area contributed by atoms with Crippen LogP contribution >= 0.6 is 11.3 Å². The number of ether oxygens (including phenoxy) is 2. The third-order valence-corrected chi connectivity index (χ3v) is 9.85. The molecule has 2 N–H and O–H groups in total. The number of rotatable bonds is 13. The maximum Gasteiger partial charge on any atom is 0.195 e. The van der Waals surface area contributed by atoms with Crippen LogP contribution in [0.1, 0.15) is 35.2 Å². The number of ketones is 2. The summed E-state index contributed by atoms with van der Waals surface area (Å²) in [7, 11) is 0. The van der Waals surface area contributed by atoms with Gasteiger partial charge in [0, 0.05) is 71.3 Å². The molecular weight excluding hydrogens is 576 g/mol. The molecule has 0 radical (unpaired) electrons. The van der Waals surface area contributed by atoms with E-state index in [4.69, 9.17) is 9.47 Å². The Morgan fingerprint density at radius 1 is 0.818 bits per heavy atom. The van der Waals surface area contributed by atoms with Crippen molar-refractivity contribution in [1.29, 1.82) is 0 Å². The van der Waals surface area contributed by atoms with Crippen LogP contribution in [-0.2, 0) is 9.53 Å². The lowest BCUT2D eigenvalue weighted by molar-refractivity contribution is -0.130. The first kappa shape index (κ1) is 30.3. The number of carbonyl (C=O) groups is 2. The zero-order chi connectivity index (χ0) is 30.5. The summed E-state index contributed by atoms with van der Waals surface area (Å²) >= 11 is 1.44. The van der Waals surface area contributed by atoms with Crippen molar-refractivity contribution < 1.29 is 29.3 Å². The van der Waals surface area contributed by atoms with Crippen LogP contribution in [0.25, 0.3) is 20.5 Å². The molecule has 0 atom stereocenters. The molecule has 1 aliphatic carbocycles. The van der Waals surface area contributed by atoms with Crippen molar-refractivity contribution in [3.05, 3.63) is 77.9 Å². The molecule has 2 heterocycles. The second kappa shape index (κ2) is 13.9. The van der Waals surface area contributed by atoms with Gasteiger partial charge in [-0.25, -0.2) is 0 Å². The molecule has 0 amide bonds. The minimum absolute atomic E-state index is 0.107. The van der Waals surface area contributed by atoms with Gasteiger partial charge >= 0.3 is 0 Å². The fraction of sp³-hybridized carbons (Fsp3) is 0.371. The standard InChI is InChI=1S/C35H38N2O6S/c38-27-8-4-26(5-9-27)35-33(30-13-10-28(39)22-32(30)44-35)34(41)25-6-11-29(12-7-25)43-21-19-37-16-14-36(15-17-37)18-20-42-23-31(40)24-2-1-3-24/h4-13,22,24,38-39H,1-3,14-21,23H2. The first-order valence-electron chi connectivity index (χ1n) is 15.3. The lowest BCUT2D eigenvalue weighted by atomic mass is 9.82. The summed E-state index contributed by atoms with van der Waals surface area (Å²) in [5.41, 5.74) is 1.96. The average Bonchev–Trinajstić information content (AvgIpc) is 3.38. The van der Waals surface area contributed by atoms with Gasteiger partial charge in [-0.05, 0) is 85.1 Å². The number of aromatic hydroxyl groups is 2. The molecule has 4 aromatic rings. The van der Waals surface area contributed by atoms with E-state index in [0.29, 0.717) is 30.1 Å². The molecule has 9 heteroatoms. The number of benzene rings is 3. The summed E-state index contributed by atoms with van der Waals surface area (Å²) in [6.45, 7) is 6.97. The summed E-state index contributed by atoms with van der Waals surface area (Å²) in [5.74, 6) is 1.43. The van der Waals surface area contributed by atoms with E-state index in [9.17, 15) is 19.8 Å². The lowest BCUT2D eigenvalue weighted by Crippen LogP contribution is -2.48. The van der Waals surface area contributed by atoms with Crippen LogP contribution in [0, 0.1) is 5.92 Å². The van der Waals surface area contributed by atoms with Gasteiger partial charge in [0.15, 0.2) is 11.6 Å². The average molecular weight is 615 g/mol. The molecule has 6 rings (SSSR count). The summed E-state index contributed by atoms with van der Waals surface area (Å²) in [6.07, 6.45) is 3.23. The van der Waals surface area contributed by atoms with Crippen molar-refractivity contribution in [3.8, 4) is 27.7 Å². The molecule has 0 spiro atoms. The van der Waals surface area contributed by atoms with Gasteiger partial charge < -0.3 is 19.7 Å². The number of piperazine rings is 1. The van der Waals surface area contributed by atoms with Gasteiger partial charge in [-0.1, -0.05) is 6.42 Å². The fourth-order valence-corrected chi connectivity index (χ4v) is 6.96. The number of hydrogen-bond donors (Lipinski definition) is 2. The third-order valence-electron chi connectivity index (χ3n) is 8.64. The van der Waals surface area contributed by atoms with Crippen molar-refractivity contribution in [1.82, 2.24) is 9.80 Å². The topological polar surface area (TPSA) is 99.5 Å². The van der Waals surface area contributed by atoms with Gasteiger partial charge in [0.2, 0.25) is 0 Å². The van der Waals surface area contributed by atoms with Gasteiger partial charge in [-0.3, -0.25) is 19.4 Å². The molecule has 1 saturated heterocycles. The second-order valence-electron chi connectivity index (χ2n) is 11.6. The predicted molar refractivity (Wildman–Crippen MR) is 172 cm³/mol. The van der Waals surface area contributed by atoms with E-state index in [2.05, 4.69) is 9.80 Å². The Morgan fingerprint density at radius 3 is 2.14 bits per heavy atom. The van der Waals surface area contributed by atoms with Gasteiger partial charge in [0.1, 0.15) is 30.5 Å². The maximum atomic E-state index is 13.8. The Hall–Kier alpha value is -3.76. The van der Waals surface area contributed by atoms with E-state index in [-0.39, 0.29) is 35.6 Å². The molecule has 0 unspecified atom stereocenters. The number of hydrogen-bond acceptors (Lipinski definition) is 9. The number of phenols is 2. The van der Waals surface area contributed by atoms with Crippen LogP contribution in [-0.4, -0.2) is 90.7 Å². The van der Waals surface area contributed by atoms with Gasteiger partial charge in [0.25, 0.3) is 0 Å². The highest BCUT2D eigenvalue weighted by atomic mass is 32.1. The molecule has 1 aromatic heterocycles. The van der Waals surface area contributed by atoms with Crippen LogP contribution in [0.2, 0.25) is 0 Å². The molecule has 1 aliphatic heterocycles. The fourth-order valence-electron chi connectivity index (χ4n) is 5.72. The molecule has 2 fully saturated rings. The quantitative estimate of drug-likeness (QED) is 0.149. The lowest BCUT2D eigenvalue weighted by Gasteiger charge is -2.34. The van der Waals surface area contributed by atoms with Crippen LogP contribution in [0.3, 0.4) is 0 Å². The Balaban J connectivity index is 0.989. The predicted octanol–water partition coefficient (Wildman–Crippen LogP) is 5.59. The smallest absolute Gasteiger partial charge is 0.195 e.